The summed E-state index contributed by atoms with van der Waals surface area (Å²) in [7, 11) is 0. The predicted octanol–water partition coefficient (Wildman–Crippen LogP) is 4.10. The fourth-order valence-corrected chi connectivity index (χ4v) is 2.17. The fraction of sp³-hybridized carbons (Fsp3) is 0.0714. The first kappa shape index (κ1) is 11.2. The molecule has 18 heavy (non-hydrogen) atoms. The van der Waals surface area contributed by atoms with Crippen molar-refractivity contribution in [2.24, 2.45) is 0 Å². The summed E-state index contributed by atoms with van der Waals surface area (Å²) in [4.78, 5) is 4.49. The van der Waals surface area contributed by atoms with Gasteiger partial charge in [-0.25, -0.2) is 9.37 Å². The number of rotatable bonds is 1. The minimum absolute atomic E-state index is 0.344. The highest BCUT2D eigenvalue weighted by Crippen LogP contribution is 2.28. The van der Waals surface area contributed by atoms with Gasteiger partial charge in [0.1, 0.15) is 11.5 Å². The van der Waals surface area contributed by atoms with Crippen molar-refractivity contribution in [2.75, 3.05) is 0 Å². The Labute approximate surface area is 109 Å². The second-order valence-electron chi connectivity index (χ2n) is 4.22. The summed E-state index contributed by atoms with van der Waals surface area (Å²) < 4.78 is 14.9. The van der Waals surface area contributed by atoms with Gasteiger partial charge >= 0.3 is 0 Å². The number of imidazole rings is 1. The highest BCUT2D eigenvalue weighted by Gasteiger charge is 2.09. The Morgan fingerprint density at radius 1 is 1.22 bits per heavy atom. The van der Waals surface area contributed by atoms with Crippen LogP contribution in [0.5, 0.6) is 0 Å². The zero-order valence-electron chi connectivity index (χ0n) is 9.69. The largest absolute Gasteiger partial charge is 0.306 e. The summed E-state index contributed by atoms with van der Waals surface area (Å²) >= 11 is 6.03. The Kier molecular flexibility index (Phi) is 2.56. The summed E-state index contributed by atoms with van der Waals surface area (Å²) in [6.07, 6.45) is 3.83. The Bertz CT molecular complexity index is 734. The first-order valence-electron chi connectivity index (χ1n) is 5.54. The van der Waals surface area contributed by atoms with Crippen LogP contribution in [-0.4, -0.2) is 9.38 Å². The van der Waals surface area contributed by atoms with Crippen LogP contribution in [0.3, 0.4) is 0 Å². The molecule has 1 aromatic carbocycles. The van der Waals surface area contributed by atoms with E-state index in [-0.39, 0.29) is 5.82 Å². The lowest BCUT2D eigenvalue weighted by molar-refractivity contribution is 0.628. The summed E-state index contributed by atoms with van der Waals surface area (Å²) in [6.45, 7) is 2.01. The lowest BCUT2D eigenvalue weighted by Gasteiger charge is -1.99. The van der Waals surface area contributed by atoms with Crippen LogP contribution < -0.4 is 0 Å². The van der Waals surface area contributed by atoms with Crippen molar-refractivity contribution in [1.82, 2.24) is 9.38 Å². The van der Waals surface area contributed by atoms with Crippen LogP contribution in [0.25, 0.3) is 16.9 Å². The molecule has 0 aliphatic heterocycles. The molecule has 2 heterocycles. The minimum atomic E-state index is -0.344. The minimum Gasteiger partial charge on any atom is -0.306 e. The molecule has 0 spiro atoms. The van der Waals surface area contributed by atoms with E-state index in [0.29, 0.717) is 5.02 Å². The van der Waals surface area contributed by atoms with Gasteiger partial charge in [-0.15, -0.1) is 0 Å². The van der Waals surface area contributed by atoms with E-state index in [4.69, 9.17) is 11.6 Å². The smallest absolute Gasteiger partial charge is 0.137 e. The van der Waals surface area contributed by atoms with Crippen LogP contribution in [0.2, 0.25) is 5.02 Å². The maximum atomic E-state index is 13.0. The van der Waals surface area contributed by atoms with E-state index in [1.54, 1.807) is 6.07 Å². The highest BCUT2D eigenvalue weighted by atomic mass is 35.5. The third-order valence-corrected chi connectivity index (χ3v) is 3.14. The van der Waals surface area contributed by atoms with Crippen molar-refractivity contribution in [3.63, 3.8) is 0 Å². The van der Waals surface area contributed by atoms with Gasteiger partial charge in [-0.3, -0.25) is 0 Å². The van der Waals surface area contributed by atoms with Gasteiger partial charge in [0, 0.05) is 18.0 Å². The average molecular weight is 261 g/mol. The number of halogens is 2. The highest BCUT2D eigenvalue weighted by molar-refractivity contribution is 6.33. The SMILES string of the molecule is Cc1ccn2cc(-c3ccc(F)cc3Cl)nc2c1. The number of nitrogens with zero attached hydrogens (tertiary/aromatic N) is 2. The third-order valence-electron chi connectivity index (χ3n) is 2.82. The van der Waals surface area contributed by atoms with Crippen LogP contribution >= 0.6 is 11.6 Å². The van der Waals surface area contributed by atoms with Gasteiger partial charge < -0.3 is 4.40 Å². The molecule has 90 valence electrons. The molecule has 2 nitrogen and oxygen atoms in total. The number of benzene rings is 1. The van der Waals surface area contributed by atoms with Gasteiger partial charge in [0.15, 0.2) is 0 Å². The number of pyridine rings is 1. The molecule has 0 unspecified atom stereocenters. The first-order valence-corrected chi connectivity index (χ1v) is 5.92. The molecule has 0 aliphatic carbocycles. The van der Waals surface area contributed by atoms with Crippen molar-refractivity contribution in [1.29, 1.82) is 0 Å². The second-order valence-corrected chi connectivity index (χ2v) is 4.63. The van der Waals surface area contributed by atoms with Crippen LogP contribution in [0, 0.1) is 12.7 Å². The number of fused-ring (bicyclic) bond motifs is 1. The molecular formula is C14H10ClFN2. The lowest BCUT2D eigenvalue weighted by Crippen LogP contribution is -1.81. The van der Waals surface area contributed by atoms with Crippen molar-refractivity contribution in [2.45, 2.75) is 6.92 Å². The molecule has 0 saturated carbocycles. The number of aromatic nitrogens is 2. The van der Waals surface area contributed by atoms with Crippen LogP contribution in [0.1, 0.15) is 5.56 Å². The normalized spacial score (nSPS) is 11.1. The molecule has 0 aliphatic rings. The molecule has 4 heteroatoms. The van der Waals surface area contributed by atoms with Crippen molar-refractivity contribution < 1.29 is 4.39 Å². The average Bonchev–Trinajstić information content (AvgIpc) is 2.71. The van der Waals surface area contributed by atoms with E-state index >= 15 is 0 Å². The Balaban J connectivity index is 2.19. The van der Waals surface area contributed by atoms with Gasteiger partial charge in [0.25, 0.3) is 0 Å². The van der Waals surface area contributed by atoms with Gasteiger partial charge in [-0.05, 0) is 42.8 Å². The molecule has 0 bridgehead atoms. The number of hydrogen-bond donors (Lipinski definition) is 0. The maximum absolute atomic E-state index is 13.0. The summed E-state index contributed by atoms with van der Waals surface area (Å²) in [5, 5.41) is 0.370. The predicted molar refractivity (Wildman–Crippen MR) is 70.3 cm³/mol. The van der Waals surface area contributed by atoms with Gasteiger partial charge in [-0.2, -0.15) is 0 Å². The van der Waals surface area contributed by atoms with E-state index < -0.39 is 0 Å². The Morgan fingerprint density at radius 3 is 2.83 bits per heavy atom. The molecule has 0 atom stereocenters. The van der Waals surface area contributed by atoms with Crippen LogP contribution in [0.15, 0.2) is 42.7 Å². The Hall–Kier alpha value is -1.87. The molecule has 2 aromatic heterocycles. The zero-order chi connectivity index (χ0) is 12.7. The third kappa shape index (κ3) is 1.87. The van der Waals surface area contributed by atoms with Crippen LogP contribution in [0.4, 0.5) is 4.39 Å². The van der Waals surface area contributed by atoms with Crippen LogP contribution in [-0.2, 0) is 0 Å². The summed E-state index contributed by atoms with van der Waals surface area (Å²) in [5.41, 5.74) is 3.47. The number of hydrogen-bond acceptors (Lipinski definition) is 1. The number of aryl methyl sites for hydroxylation is 1. The topological polar surface area (TPSA) is 17.3 Å². The van der Waals surface area contributed by atoms with E-state index in [1.807, 2.05) is 35.9 Å². The maximum Gasteiger partial charge on any atom is 0.137 e. The standard InChI is InChI=1S/C14H10ClFN2/c1-9-4-5-18-8-13(17-14(18)6-9)11-3-2-10(16)7-12(11)15/h2-8H,1H3. The molecule has 3 aromatic rings. The quantitative estimate of drug-likeness (QED) is 0.644. The summed E-state index contributed by atoms with van der Waals surface area (Å²) in [5.74, 6) is -0.344. The monoisotopic (exact) mass is 260 g/mol. The van der Waals surface area contributed by atoms with E-state index in [2.05, 4.69) is 4.98 Å². The van der Waals surface area contributed by atoms with Gasteiger partial charge in [0.2, 0.25) is 0 Å². The Morgan fingerprint density at radius 2 is 2.06 bits per heavy atom. The molecule has 0 fully saturated rings. The van der Waals surface area contributed by atoms with Gasteiger partial charge in [-0.1, -0.05) is 11.6 Å². The van der Waals surface area contributed by atoms with Crippen molar-refractivity contribution in [3.05, 3.63) is 59.1 Å². The molecule has 0 saturated heterocycles. The molecule has 0 amide bonds. The zero-order valence-corrected chi connectivity index (χ0v) is 10.4. The van der Waals surface area contributed by atoms with E-state index in [1.165, 1.54) is 12.1 Å². The molecule has 0 N–H and O–H groups in total. The van der Waals surface area contributed by atoms with E-state index in [9.17, 15) is 4.39 Å². The second kappa shape index (κ2) is 4.10. The fourth-order valence-electron chi connectivity index (χ4n) is 1.91. The lowest BCUT2D eigenvalue weighted by atomic mass is 10.2. The van der Waals surface area contributed by atoms with E-state index in [0.717, 1.165) is 22.5 Å². The van der Waals surface area contributed by atoms with Crippen molar-refractivity contribution >= 4 is 17.2 Å². The molecule has 0 radical (unpaired) electrons. The van der Waals surface area contributed by atoms with Gasteiger partial charge in [0.05, 0.1) is 10.7 Å². The first-order chi connectivity index (χ1) is 8.63. The molecule has 3 rings (SSSR count). The summed E-state index contributed by atoms with van der Waals surface area (Å²) in [6, 6.07) is 8.32. The van der Waals surface area contributed by atoms with Crippen molar-refractivity contribution in [3.8, 4) is 11.3 Å². The molecular weight excluding hydrogens is 251 g/mol.